The summed E-state index contributed by atoms with van der Waals surface area (Å²) >= 11 is 0. The van der Waals surface area contributed by atoms with Crippen LogP contribution in [0.25, 0.3) is 11.0 Å². The van der Waals surface area contributed by atoms with Crippen molar-refractivity contribution in [2.75, 3.05) is 0 Å². The number of aliphatic hydroxyl groups excluding tert-OH is 1. The number of ether oxygens (including phenoxy) is 2. The molecule has 0 aliphatic carbocycles. The second-order valence-corrected chi connectivity index (χ2v) is 6.60. The Kier molecular flexibility index (Phi) is 4.16. The number of fused-ring (bicyclic) bond motifs is 3. The molecule has 132 valence electrons. The maximum Gasteiger partial charge on any atom is 0.336 e. The molecule has 6 nitrogen and oxygen atoms in total. The second-order valence-electron chi connectivity index (χ2n) is 6.60. The third-order valence-corrected chi connectivity index (χ3v) is 4.42. The summed E-state index contributed by atoms with van der Waals surface area (Å²) in [6.07, 6.45) is -0.272. The number of esters is 1. The van der Waals surface area contributed by atoms with Crippen LogP contribution in [0.1, 0.15) is 39.4 Å². The van der Waals surface area contributed by atoms with E-state index in [1.54, 1.807) is 52.0 Å². The molecule has 3 rings (SSSR count). The van der Waals surface area contributed by atoms with Crippen molar-refractivity contribution in [2.24, 2.45) is 0 Å². The fourth-order valence-corrected chi connectivity index (χ4v) is 2.89. The Balaban J connectivity index is 1.98. The predicted octanol–water partition coefficient (Wildman–Crippen LogP) is 2.88. The smallest absolute Gasteiger partial charge is 0.336 e. The summed E-state index contributed by atoms with van der Waals surface area (Å²) in [5.74, 6) is -0.0677. The number of benzene rings is 1. The molecular formula is C19H20O6. The van der Waals surface area contributed by atoms with Crippen LogP contribution in [0.5, 0.6) is 5.75 Å². The Morgan fingerprint density at radius 2 is 1.96 bits per heavy atom. The van der Waals surface area contributed by atoms with E-state index in [2.05, 4.69) is 0 Å². The maximum atomic E-state index is 12.1. The molecule has 1 aromatic heterocycles. The molecule has 1 aliphatic rings. The van der Waals surface area contributed by atoms with E-state index in [-0.39, 0.29) is 5.58 Å². The minimum Gasteiger partial charge on any atom is -0.483 e. The van der Waals surface area contributed by atoms with Gasteiger partial charge in [-0.15, -0.1) is 0 Å². The van der Waals surface area contributed by atoms with Crippen LogP contribution < -0.4 is 10.4 Å². The molecule has 25 heavy (non-hydrogen) atoms. The zero-order chi connectivity index (χ0) is 18.4. The van der Waals surface area contributed by atoms with Crippen LogP contribution >= 0.6 is 0 Å². The average molecular weight is 344 g/mol. The van der Waals surface area contributed by atoms with Gasteiger partial charge in [0.25, 0.3) is 0 Å². The highest BCUT2D eigenvalue weighted by Gasteiger charge is 2.47. The Labute approximate surface area is 144 Å². The van der Waals surface area contributed by atoms with Gasteiger partial charge in [0.2, 0.25) is 0 Å². The quantitative estimate of drug-likeness (QED) is 0.523. The normalized spacial score (nSPS) is 20.3. The van der Waals surface area contributed by atoms with Crippen molar-refractivity contribution >= 4 is 16.9 Å². The summed E-state index contributed by atoms with van der Waals surface area (Å²) in [5, 5.41) is 11.5. The van der Waals surface area contributed by atoms with Gasteiger partial charge in [0.15, 0.2) is 6.10 Å². The zero-order valence-corrected chi connectivity index (χ0v) is 14.5. The van der Waals surface area contributed by atoms with Crippen molar-refractivity contribution in [1.82, 2.24) is 0 Å². The van der Waals surface area contributed by atoms with Gasteiger partial charge >= 0.3 is 11.6 Å². The molecule has 2 heterocycles. The molecule has 0 saturated heterocycles. The van der Waals surface area contributed by atoms with Crippen LogP contribution in [0.2, 0.25) is 0 Å². The number of carbonyl (C=O) groups excluding carboxylic acids is 1. The lowest BCUT2D eigenvalue weighted by atomic mass is 9.93. The van der Waals surface area contributed by atoms with E-state index < -0.39 is 29.4 Å². The van der Waals surface area contributed by atoms with Crippen LogP contribution in [0.15, 0.2) is 45.1 Å². The molecule has 2 atom stereocenters. The van der Waals surface area contributed by atoms with E-state index in [9.17, 15) is 14.7 Å². The number of hydrogen-bond acceptors (Lipinski definition) is 6. The lowest BCUT2D eigenvalue weighted by Gasteiger charge is -2.32. The molecule has 0 fully saturated rings. The van der Waals surface area contributed by atoms with Gasteiger partial charge in [-0.1, -0.05) is 6.08 Å². The molecule has 0 spiro atoms. The monoisotopic (exact) mass is 344 g/mol. The van der Waals surface area contributed by atoms with Crippen molar-refractivity contribution in [3.05, 3.63) is 51.9 Å². The molecule has 1 aliphatic heterocycles. The number of allylic oxidation sites excluding steroid dienone is 1. The minimum atomic E-state index is -1.10. The molecular weight excluding hydrogens is 324 g/mol. The van der Waals surface area contributed by atoms with Gasteiger partial charge in [-0.05, 0) is 45.9 Å². The van der Waals surface area contributed by atoms with Crippen molar-refractivity contribution in [3.8, 4) is 5.75 Å². The van der Waals surface area contributed by atoms with Gasteiger partial charge in [0.1, 0.15) is 23.0 Å². The van der Waals surface area contributed by atoms with Crippen LogP contribution in [0, 0.1) is 0 Å². The highest BCUT2D eigenvalue weighted by atomic mass is 16.6. The van der Waals surface area contributed by atoms with Crippen molar-refractivity contribution in [1.29, 1.82) is 0 Å². The highest BCUT2D eigenvalue weighted by molar-refractivity contribution is 5.88. The van der Waals surface area contributed by atoms with Crippen molar-refractivity contribution in [2.45, 2.75) is 45.5 Å². The van der Waals surface area contributed by atoms with Gasteiger partial charge in [-0.2, -0.15) is 0 Å². The van der Waals surface area contributed by atoms with Gasteiger partial charge < -0.3 is 19.0 Å². The standard InChI is InChI=1S/C19H20O6/c1-5-10(2)18(22)25-19(3,4)17-15(21)14-12(23-17)8-6-11-7-9-13(20)24-16(11)14/h5-9,15,17,21H,1-4H3/b10-5-/t15-,17-/m0/s1. The fraction of sp³-hybridized carbons (Fsp3) is 0.368. The SMILES string of the molecule is C/C=C(/C)C(=O)OC(C)(C)[C@H]1Oc2ccc3ccc(=O)oc3c2[C@@H]1O. The topological polar surface area (TPSA) is 86.0 Å². The molecule has 0 bridgehead atoms. The summed E-state index contributed by atoms with van der Waals surface area (Å²) in [4.78, 5) is 23.7. The largest absolute Gasteiger partial charge is 0.483 e. The van der Waals surface area contributed by atoms with Crippen LogP contribution in [0.4, 0.5) is 0 Å². The highest BCUT2D eigenvalue weighted by Crippen LogP contribution is 2.45. The first kappa shape index (κ1) is 17.2. The fourth-order valence-electron chi connectivity index (χ4n) is 2.89. The summed E-state index contributed by atoms with van der Waals surface area (Å²) in [7, 11) is 0. The second kappa shape index (κ2) is 6.04. The average Bonchev–Trinajstić information content (AvgIpc) is 2.91. The summed E-state index contributed by atoms with van der Waals surface area (Å²) < 4.78 is 16.6. The van der Waals surface area contributed by atoms with Crippen LogP contribution in [0.3, 0.4) is 0 Å². The minimum absolute atomic E-state index is 0.284. The van der Waals surface area contributed by atoms with Gasteiger partial charge in [-0.25, -0.2) is 9.59 Å². The number of aliphatic hydroxyl groups is 1. The molecule has 0 radical (unpaired) electrons. The maximum absolute atomic E-state index is 12.1. The van der Waals surface area contributed by atoms with E-state index in [0.29, 0.717) is 22.3 Å². The molecule has 1 aromatic carbocycles. The molecule has 1 N–H and O–H groups in total. The molecule has 0 saturated carbocycles. The first-order chi connectivity index (χ1) is 11.7. The Morgan fingerprint density at radius 1 is 1.28 bits per heavy atom. The number of carbonyl (C=O) groups is 1. The Bertz CT molecular complexity index is 921. The summed E-state index contributed by atoms with van der Waals surface area (Å²) in [6.45, 7) is 6.74. The summed E-state index contributed by atoms with van der Waals surface area (Å²) in [5.41, 5.74) is -0.458. The molecule has 0 unspecified atom stereocenters. The van der Waals surface area contributed by atoms with Crippen molar-refractivity contribution in [3.63, 3.8) is 0 Å². The van der Waals surface area contributed by atoms with E-state index in [1.807, 2.05) is 0 Å². The van der Waals surface area contributed by atoms with Gasteiger partial charge in [0, 0.05) is 17.0 Å². The van der Waals surface area contributed by atoms with E-state index in [4.69, 9.17) is 13.9 Å². The van der Waals surface area contributed by atoms with E-state index in [1.165, 1.54) is 6.07 Å². The molecule has 6 heteroatoms. The zero-order valence-electron chi connectivity index (χ0n) is 14.5. The van der Waals surface area contributed by atoms with E-state index in [0.717, 1.165) is 0 Å². The van der Waals surface area contributed by atoms with Crippen molar-refractivity contribution < 1.29 is 23.8 Å². The third-order valence-electron chi connectivity index (χ3n) is 4.42. The van der Waals surface area contributed by atoms with E-state index >= 15 is 0 Å². The summed E-state index contributed by atoms with van der Waals surface area (Å²) in [6, 6.07) is 6.40. The van der Waals surface area contributed by atoms with Gasteiger partial charge in [-0.3, -0.25) is 0 Å². The molecule has 0 amide bonds. The Hall–Kier alpha value is -2.60. The third kappa shape index (κ3) is 2.93. The van der Waals surface area contributed by atoms with Gasteiger partial charge in [0.05, 0.1) is 5.56 Å². The lowest BCUT2D eigenvalue weighted by molar-refractivity contribution is -0.165. The first-order valence-corrected chi connectivity index (χ1v) is 8.02. The van der Waals surface area contributed by atoms with Crippen LogP contribution in [-0.2, 0) is 9.53 Å². The van der Waals surface area contributed by atoms with Crippen LogP contribution in [-0.4, -0.2) is 22.8 Å². The molecule has 2 aromatic rings. The number of rotatable bonds is 3. The first-order valence-electron chi connectivity index (χ1n) is 8.02. The Morgan fingerprint density at radius 3 is 2.64 bits per heavy atom. The predicted molar refractivity (Wildman–Crippen MR) is 91.5 cm³/mol. The lowest BCUT2D eigenvalue weighted by Crippen LogP contribution is -2.45. The number of hydrogen-bond donors (Lipinski definition) is 1.